The van der Waals surface area contributed by atoms with Gasteiger partial charge in [-0.15, -0.1) is 0 Å². The van der Waals surface area contributed by atoms with Crippen molar-refractivity contribution in [2.24, 2.45) is 5.73 Å². The zero-order valence-corrected chi connectivity index (χ0v) is 9.00. The van der Waals surface area contributed by atoms with Crippen molar-refractivity contribution in [2.75, 3.05) is 26.3 Å². The number of rotatable bonds is 8. The number of carbonyl (C=O) groups is 2. The Morgan fingerprint density at radius 3 is 2.06 bits per heavy atom. The van der Waals surface area contributed by atoms with Crippen molar-refractivity contribution < 1.29 is 24.9 Å². The summed E-state index contributed by atoms with van der Waals surface area (Å²) in [6, 6.07) is -0.908. The number of carboxylic acids is 1. The zero-order chi connectivity index (χ0) is 12.6. The molecule has 94 valence electrons. The molecular formula is C9H18N2O5. The van der Waals surface area contributed by atoms with Gasteiger partial charge < -0.3 is 26.0 Å². The SMILES string of the molecule is NC(CCC(=O)O)C(=O)N(CCO)CCO. The van der Waals surface area contributed by atoms with Gasteiger partial charge in [0.05, 0.1) is 19.3 Å². The monoisotopic (exact) mass is 234 g/mol. The second kappa shape index (κ2) is 8.03. The number of aliphatic hydroxyl groups excluding tert-OH is 2. The van der Waals surface area contributed by atoms with Gasteiger partial charge in [0.25, 0.3) is 0 Å². The maximum absolute atomic E-state index is 11.6. The molecule has 16 heavy (non-hydrogen) atoms. The van der Waals surface area contributed by atoms with Crippen LogP contribution in [-0.2, 0) is 9.59 Å². The van der Waals surface area contributed by atoms with Gasteiger partial charge in [0.2, 0.25) is 5.91 Å². The van der Waals surface area contributed by atoms with E-state index in [1.165, 1.54) is 4.90 Å². The van der Waals surface area contributed by atoms with Crippen LogP contribution >= 0.6 is 0 Å². The lowest BCUT2D eigenvalue weighted by Crippen LogP contribution is -2.46. The third-order valence-corrected chi connectivity index (χ3v) is 2.04. The molecule has 0 rings (SSSR count). The average Bonchev–Trinajstić information content (AvgIpc) is 2.24. The first-order valence-electron chi connectivity index (χ1n) is 5.00. The minimum atomic E-state index is -1.01. The van der Waals surface area contributed by atoms with E-state index in [1.807, 2.05) is 0 Å². The van der Waals surface area contributed by atoms with E-state index < -0.39 is 17.9 Å². The molecule has 0 aliphatic heterocycles. The smallest absolute Gasteiger partial charge is 0.303 e. The predicted octanol–water partition coefficient (Wildman–Crippen LogP) is -2.01. The van der Waals surface area contributed by atoms with E-state index in [2.05, 4.69) is 0 Å². The minimum Gasteiger partial charge on any atom is -0.481 e. The number of aliphatic hydroxyl groups is 2. The van der Waals surface area contributed by atoms with E-state index in [-0.39, 0.29) is 39.1 Å². The second-order valence-corrected chi connectivity index (χ2v) is 3.31. The van der Waals surface area contributed by atoms with Gasteiger partial charge in [0.15, 0.2) is 0 Å². The summed E-state index contributed by atoms with van der Waals surface area (Å²) < 4.78 is 0. The summed E-state index contributed by atoms with van der Waals surface area (Å²) in [6.07, 6.45) is -0.138. The highest BCUT2D eigenvalue weighted by Gasteiger charge is 2.20. The molecule has 0 fully saturated rings. The fourth-order valence-electron chi connectivity index (χ4n) is 1.21. The molecule has 1 unspecified atom stereocenters. The number of nitrogens with zero attached hydrogens (tertiary/aromatic N) is 1. The summed E-state index contributed by atoms with van der Waals surface area (Å²) in [5.41, 5.74) is 5.51. The van der Waals surface area contributed by atoms with E-state index in [0.717, 1.165) is 0 Å². The van der Waals surface area contributed by atoms with Gasteiger partial charge in [-0.05, 0) is 6.42 Å². The van der Waals surface area contributed by atoms with Crippen LogP contribution in [0.3, 0.4) is 0 Å². The first-order valence-corrected chi connectivity index (χ1v) is 5.00. The Balaban J connectivity index is 4.18. The molecule has 0 radical (unpaired) electrons. The van der Waals surface area contributed by atoms with Crippen molar-refractivity contribution in [3.8, 4) is 0 Å². The minimum absolute atomic E-state index is 0.0432. The van der Waals surface area contributed by atoms with Crippen molar-refractivity contribution >= 4 is 11.9 Å². The molecule has 0 aliphatic rings. The third-order valence-electron chi connectivity index (χ3n) is 2.04. The van der Waals surface area contributed by atoms with Crippen LogP contribution in [0, 0.1) is 0 Å². The lowest BCUT2D eigenvalue weighted by Gasteiger charge is -2.23. The highest BCUT2D eigenvalue weighted by molar-refractivity contribution is 5.82. The topological polar surface area (TPSA) is 124 Å². The lowest BCUT2D eigenvalue weighted by atomic mass is 10.1. The normalized spacial score (nSPS) is 12.2. The largest absolute Gasteiger partial charge is 0.481 e. The summed E-state index contributed by atoms with van der Waals surface area (Å²) in [6.45, 7) is -0.283. The van der Waals surface area contributed by atoms with Crippen molar-refractivity contribution in [2.45, 2.75) is 18.9 Å². The predicted molar refractivity (Wildman–Crippen MR) is 55.6 cm³/mol. The molecule has 0 saturated heterocycles. The summed E-state index contributed by atoms with van der Waals surface area (Å²) in [5, 5.41) is 25.8. The number of hydrogen-bond donors (Lipinski definition) is 4. The Hall–Kier alpha value is -1.18. The van der Waals surface area contributed by atoms with Crippen LogP contribution in [0.4, 0.5) is 0 Å². The van der Waals surface area contributed by atoms with Crippen molar-refractivity contribution in [1.82, 2.24) is 4.90 Å². The molecule has 0 aliphatic carbocycles. The van der Waals surface area contributed by atoms with Crippen molar-refractivity contribution in [3.05, 3.63) is 0 Å². The Labute approximate surface area is 93.5 Å². The molecule has 7 nitrogen and oxygen atoms in total. The molecule has 0 aromatic heterocycles. The van der Waals surface area contributed by atoms with Crippen LogP contribution in [0.5, 0.6) is 0 Å². The van der Waals surface area contributed by atoms with Crippen LogP contribution < -0.4 is 5.73 Å². The number of amides is 1. The van der Waals surface area contributed by atoms with Gasteiger partial charge in [-0.3, -0.25) is 9.59 Å². The zero-order valence-electron chi connectivity index (χ0n) is 9.00. The maximum atomic E-state index is 11.6. The Bertz CT molecular complexity index is 228. The third kappa shape index (κ3) is 5.64. The van der Waals surface area contributed by atoms with E-state index in [1.54, 1.807) is 0 Å². The van der Waals surface area contributed by atoms with Crippen LogP contribution in [0.2, 0.25) is 0 Å². The highest BCUT2D eigenvalue weighted by Crippen LogP contribution is 2.00. The molecule has 0 spiro atoms. The highest BCUT2D eigenvalue weighted by atomic mass is 16.4. The lowest BCUT2D eigenvalue weighted by molar-refractivity contribution is -0.138. The van der Waals surface area contributed by atoms with Crippen molar-refractivity contribution in [1.29, 1.82) is 0 Å². The summed E-state index contributed by atoms with van der Waals surface area (Å²) in [7, 11) is 0. The summed E-state index contributed by atoms with van der Waals surface area (Å²) >= 11 is 0. The summed E-state index contributed by atoms with van der Waals surface area (Å²) in [4.78, 5) is 23.1. The molecule has 5 N–H and O–H groups in total. The molecule has 0 saturated carbocycles. The fraction of sp³-hybridized carbons (Fsp3) is 0.778. The Kier molecular flexibility index (Phi) is 7.44. The van der Waals surface area contributed by atoms with Gasteiger partial charge in [0.1, 0.15) is 0 Å². The average molecular weight is 234 g/mol. The molecular weight excluding hydrogens is 216 g/mol. The fourth-order valence-corrected chi connectivity index (χ4v) is 1.21. The van der Waals surface area contributed by atoms with Crippen LogP contribution in [0.15, 0.2) is 0 Å². The number of carboxylic acid groups (broad SMARTS) is 1. The molecule has 1 atom stereocenters. The van der Waals surface area contributed by atoms with Crippen molar-refractivity contribution in [3.63, 3.8) is 0 Å². The first-order chi connectivity index (χ1) is 7.52. The standard InChI is InChI=1S/C9H18N2O5/c10-7(1-2-8(14)15)9(16)11(3-5-12)4-6-13/h7,12-13H,1-6,10H2,(H,14,15). The maximum Gasteiger partial charge on any atom is 0.303 e. The number of aliphatic carboxylic acids is 1. The van der Waals surface area contributed by atoms with E-state index in [9.17, 15) is 9.59 Å². The summed E-state index contributed by atoms with van der Waals surface area (Å²) in [5.74, 6) is -1.47. The molecule has 7 heteroatoms. The van der Waals surface area contributed by atoms with Gasteiger partial charge >= 0.3 is 5.97 Å². The van der Waals surface area contributed by atoms with E-state index in [0.29, 0.717) is 0 Å². The van der Waals surface area contributed by atoms with Crippen LogP contribution in [0.1, 0.15) is 12.8 Å². The second-order valence-electron chi connectivity index (χ2n) is 3.31. The van der Waals surface area contributed by atoms with Gasteiger partial charge in [-0.2, -0.15) is 0 Å². The van der Waals surface area contributed by atoms with Gasteiger partial charge in [0, 0.05) is 19.5 Å². The number of nitrogens with two attached hydrogens (primary N) is 1. The van der Waals surface area contributed by atoms with E-state index >= 15 is 0 Å². The molecule has 0 aromatic rings. The number of carbonyl (C=O) groups excluding carboxylic acids is 1. The van der Waals surface area contributed by atoms with Crippen LogP contribution in [0.25, 0.3) is 0 Å². The molecule has 1 amide bonds. The number of hydrogen-bond acceptors (Lipinski definition) is 5. The van der Waals surface area contributed by atoms with Gasteiger partial charge in [-0.1, -0.05) is 0 Å². The van der Waals surface area contributed by atoms with Gasteiger partial charge in [-0.25, -0.2) is 0 Å². The van der Waals surface area contributed by atoms with E-state index in [4.69, 9.17) is 21.1 Å². The Morgan fingerprint density at radius 2 is 1.69 bits per heavy atom. The Morgan fingerprint density at radius 1 is 1.19 bits per heavy atom. The molecule has 0 bridgehead atoms. The quantitative estimate of drug-likeness (QED) is 0.385. The van der Waals surface area contributed by atoms with Crippen LogP contribution in [-0.4, -0.2) is 64.4 Å². The molecule has 0 heterocycles. The molecule has 0 aromatic carbocycles. The first kappa shape index (κ1) is 14.8.